The third-order valence-electron chi connectivity index (χ3n) is 2.02. The number of pyridine rings is 1. The van der Waals surface area contributed by atoms with Gasteiger partial charge in [0.25, 0.3) is 0 Å². The number of hydrogen-bond donors (Lipinski definition) is 0. The zero-order chi connectivity index (χ0) is 9.68. The van der Waals surface area contributed by atoms with Crippen LogP contribution >= 0.6 is 0 Å². The van der Waals surface area contributed by atoms with Crippen LogP contribution in [0, 0.1) is 0 Å². The van der Waals surface area contributed by atoms with Crippen LogP contribution in [-0.2, 0) is 11.2 Å². The molecule has 1 rings (SSSR count). The zero-order valence-electron chi connectivity index (χ0n) is 8.03. The van der Waals surface area contributed by atoms with Gasteiger partial charge in [-0.2, -0.15) is 0 Å². The van der Waals surface area contributed by atoms with Gasteiger partial charge < -0.3 is 4.90 Å². The molecule has 0 aromatic carbocycles. The fraction of sp³-hybridized carbons (Fsp3) is 0.400. The molecular formula is C10H14N2O. The molecule has 3 heteroatoms. The SMILES string of the molecule is CC(=O)N(C)CCc1ccncc1. The molecule has 13 heavy (non-hydrogen) atoms. The normalized spacial score (nSPS) is 9.69. The molecule has 0 aliphatic rings. The summed E-state index contributed by atoms with van der Waals surface area (Å²) in [4.78, 5) is 16.5. The molecule has 70 valence electrons. The monoisotopic (exact) mass is 178 g/mol. The van der Waals surface area contributed by atoms with Gasteiger partial charge in [0.2, 0.25) is 5.91 Å². The molecule has 0 bridgehead atoms. The van der Waals surface area contributed by atoms with E-state index >= 15 is 0 Å². The summed E-state index contributed by atoms with van der Waals surface area (Å²) < 4.78 is 0. The van der Waals surface area contributed by atoms with E-state index in [-0.39, 0.29) is 5.91 Å². The summed E-state index contributed by atoms with van der Waals surface area (Å²) in [6.45, 7) is 2.34. The Balaban J connectivity index is 2.39. The van der Waals surface area contributed by atoms with E-state index in [1.165, 1.54) is 5.56 Å². The zero-order valence-corrected chi connectivity index (χ0v) is 8.03. The quantitative estimate of drug-likeness (QED) is 0.694. The molecule has 0 spiro atoms. The van der Waals surface area contributed by atoms with Crippen LogP contribution in [0.1, 0.15) is 12.5 Å². The standard InChI is InChI=1S/C10H14N2O/c1-9(13)12(2)8-5-10-3-6-11-7-4-10/h3-4,6-7H,5,8H2,1-2H3. The summed E-state index contributed by atoms with van der Waals surface area (Å²) in [6, 6.07) is 3.93. The molecule has 3 nitrogen and oxygen atoms in total. The van der Waals surface area contributed by atoms with Crippen LogP contribution in [0.4, 0.5) is 0 Å². The van der Waals surface area contributed by atoms with Crippen molar-refractivity contribution < 1.29 is 4.79 Å². The van der Waals surface area contributed by atoms with Crippen molar-refractivity contribution in [3.8, 4) is 0 Å². The topological polar surface area (TPSA) is 33.2 Å². The summed E-state index contributed by atoms with van der Waals surface area (Å²) in [5, 5.41) is 0. The molecule has 0 fully saturated rings. The molecule has 0 aliphatic carbocycles. The van der Waals surface area contributed by atoms with Crippen LogP contribution in [0.15, 0.2) is 24.5 Å². The third-order valence-corrected chi connectivity index (χ3v) is 2.02. The van der Waals surface area contributed by atoms with E-state index in [0.29, 0.717) is 0 Å². The number of carbonyl (C=O) groups excluding carboxylic acids is 1. The Morgan fingerprint density at radius 1 is 1.46 bits per heavy atom. The highest BCUT2D eigenvalue weighted by Crippen LogP contribution is 1.98. The van der Waals surface area contributed by atoms with Crippen LogP contribution in [0.5, 0.6) is 0 Å². The van der Waals surface area contributed by atoms with Crippen molar-refractivity contribution >= 4 is 5.91 Å². The molecular weight excluding hydrogens is 164 g/mol. The molecule has 1 heterocycles. The second kappa shape index (κ2) is 4.60. The number of rotatable bonds is 3. The van der Waals surface area contributed by atoms with Gasteiger partial charge in [-0.25, -0.2) is 0 Å². The predicted octanol–water partition coefficient (Wildman–Crippen LogP) is 1.10. The third kappa shape index (κ3) is 3.23. The molecule has 1 aromatic rings. The molecule has 0 aliphatic heterocycles. The van der Waals surface area contributed by atoms with Gasteiger partial charge in [-0.05, 0) is 24.1 Å². The molecule has 0 unspecified atom stereocenters. The van der Waals surface area contributed by atoms with E-state index in [2.05, 4.69) is 4.98 Å². The van der Waals surface area contributed by atoms with Gasteiger partial charge in [-0.15, -0.1) is 0 Å². The van der Waals surface area contributed by atoms with E-state index in [9.17, 15) is 4.79 Å². The maximum Gasteiger partial charge on any atom is 0.219 e. The minimum Gasteiger partial charge on any atom is -0.346 e. The lowest BCUT2D eigenvalue weighted by atomic mass is 10.2. The van der Waals surface area contributed by atoms with Gasteiger partial charge in [-0.1, -0.05) is 0 Å². The predicted molar refractivity (Wildman–Crippen MR) is 51.3 cm³/mol. The Morgan fingerprint density at radius 3 is 2.62 bits per heavy atom. The number of carbonyl (C=O) groups is 1. The number of aromatic nitrogens is 1. The van der Waals surface area contributed by atoms with E-state index in [4.69, 9.17) is 0 Å². The minimum atomic E-state index is 0.106. The van der Waals surface area contributed by atoms with Crippen molar-refractivity contribution in [2.24, 2.45) is 0 Å². The van der Waals surface area contributed by atoms with E-state index in [1.54, 1.807) is 24.2 Å². The van der Waals surface area contributed by atoms with Gasteiger partial charge in [0, 0.05) is 32.9 Å². The lowest BCUT2D eigenvalue weighted by Gasteiger charge is -2.13. The molecule has 0 N–H and O–H groups in total. The van der Waals surface area contributed by atoms with Crippen molar-refractivity contribution in [2.45, 2.75) is 13.3 Å². The average Bonchev–Trinajstić information content (AvgIpc) is 2.15. The Kier molecular flexibility index (Phi) is 3.43. The lowest BCUT2D eigenvalue weighted by Crippen LogP contribution is -2.26. The number of hydrogen-bond acceptors (Lipinski definition) is 2. The second-order valence-corrected chi connectivity index (χ2v) is 3.05. The first kappa shape index (κ1) is 9.71. The van der Waals surface area contributed by atoms with Crippen LogP contribution in [0.2, 0.25) is 0 Å². The Hall–Kier alpha value is -1.38. The first-order valence-corrected chi connectivity index (χ1v) is 4.31. The number of amides is 1. The second-order valence-electron chi connectivity index (χ2n) is 3.05. The van der Waals surface area contributed by atoms with Gasteiger partial charge in [0.1, 0.15) is 0 Å². The van der Waals surface area contributed by atoms with Crippen molar-refractivity contribution in [2.75, 3.05) is 13.6 Å². The summed E-state index contributed by atoms with van der Waals surface area (Å²) in [6.07, 6.45) is 4.42. The van der Waals surface area contributed by atoms with E-state index in [1.807, 2.05) is 19.2 Å². The van der Waals surface area contributed by atoms with Gasteiger partial charge in [0.15, 0.2) is 0 Å². The average molecular weight is 178 g/mol. The van der Waals surface area contributed by atoms with Crippen LogP contribution in [0.25, 0.3) is 0 Å². The molecule has 0 atom stereocenters. The fourth-order valence-corrected chi connectivity index (χ4v) is 1.00. The van der Waals surface area contributed by atoms with Crippen LogP contribution < -0.4 is 0 Å². The number of nitrogens with zero attached hydrogens (tertiary/aromatic N) is 2. The van der Waals surface area contributed by atoms with Crippen molar-refractivity contribution in [1.82, 2.24) is 9.88 Å². The smallest absolute Gasteiger partial charge is 0.219 e. The first-order valence-electron chi connectivity index (χ1n) is 4.31. The Bertz CT molecular complexity index is 272. The van der Waals surface area contributed by atoms with Crippen molar-refractivity contribution in [3.63, 3.8) is 0 Å². The van der Waals surface area contributed by atoms with Gasteiger partial charge >= 0.3 is 0 Å². The largest absolute Gasteiger partial charge is 0.346 e. The maximum absolute atomic E-state index is 10.9. The summed E-state index contributed by atoms with van der Waals surface area (Å²) >= 11 is 0. The van der Waals surface area contributed by atoms with Crippen LogP contribution in [-0.4, -0.2) is 29.4 Å². The summed E-state index contributed by atoms with van der Waals surface area (Å²) in [5.74, 6) is 0.106. The van der Waals surface area contributed by atoms with Crippen molar-refractivity contribution in [3.05, 3.63) is 30.1 Å². The molecule has 0 radical (unpaired) electrons. The van der Waals surface area contributed by atoms with E-state index in [0.717, 1.165) is 13.0 Å². The molecule has 0 saturated heterocycles. The maximum atomic E-state index is 10.9. The van der Waals surface area contributed by atoms with Crippen LogP contribution in [0.3, 0.4) is 0 Å². The Morgan fingerprint density at radius 2 is 2.08 bits per heavy atom. The first-order chi connectivity index (χ1) is 6.20. The molecule has 1 amide bonds. The van der Waals surface area contributed by atoms with E-state index < -0.39 is 0 Å². The highest BCUT2D eigenvalue weighted by atomic mass is 16.2. The molecule has 1 aromatic heterocycles. The Labute approximate surface area is 78.4 Å². The van der Waals surface area contributed by atoms with Gasteiger partial charge in [-0.3, -0.25) is 9.78 Å². The lowest BCUT2D eigenvalue weighted by molar-refractivity contribution is -0.127. The van der Waals surface area contributed by atoms with Gasteiger partial charge in [0.05, 0.1) is 0 Å². The fourth-order valence-electron chi connectivity index (χ4n) is 1.00. The minimum absolute atomic E-state index is 0.106. The summed E-state index contributed by atoms with van der Waals surface area (Å²) in [7, 11) is 1.81. The highest BCUT2D eigenvalue weighted by Gasteiger charge is 2.01. The highest BCUT2D eigenvalue weighted by molar-refractivity contribution is 5.72. The summed E-state index contributed by atoms with van der Waals surface area (Å²) in [5.41, 5.74) is 1.21. The molecule has 0 saturated carbocycles. The van der Waals surface area contributed by atoms with Crippen molar-refractivity contribution in [1.29, 1.82) is 0 Å². The number of likely N-dealkylation sites (N-methyl/N-ethyl adjacent to an activating group) is 1.